The van der Waals surface area contributed by atoms with Crippen LogP contribution in [-0.2, 0) is 11.3 Å². The van der Waals surface area contributed by atoms with Crippen molar-refractivity contribution in [3.8, 4) is 16.9 Å². The smallest absolute Gasteiger partial charge is 0.287 e. The Hall–Kier alpha value is -3.81. The summed E-state index contributed by atoms with van der Waals surface area (Å²) in [5, 5.41) is 17.7. The normalized spacial score (nSPS) is 23.6. The van der Waals surface area contributed by atoms with Crippen LogP contribution in [-0.4, -0.2) is 82.3 Å². The van der Waals surface area contributed by atoms with Crippen molar-refractivity contribution in [2.45, 2.75) is 83.4 Å². The molecule has 4 aromatic rings. The lowest BCUT2D eigenvalue weighted by Gasteiger charge is -2.42. The molecule has 1 aliphatic carbocycles. The zero-order valence-corrected chi connectivity index (χ0v) is 25.3. The Morgan fingerprint density at radius 1 is 1.09 bits per heavy atom. The SMILES string of the molecule is CC(Cn1cnnn1)Oc1cc(-c2cnc(Nc3cn(C4CCC(N5C[C@@H](C)O[C@@H](C)C5)CC4)[nH]c3=O)nc2)ccc1Cl. The average Bonchev–Trinajstić information content (AvgIpc) is 3.63. The predicted octanol–water partition coefficient (Wildman–Crippen LogP) is 4.08. The minimum atomic E-state index is -0.211. The number of nitrogens with one attached hydrogen (secondary N) is 2. The van der Waals surface area contributed by atoms with Gasteiger partial charge in [0.15, 0.2) is 0 Å². The minimum absolute atomic E-state index is 0.194. The van der Waals surface area contributed by atoms with Gasteiger partial charge in [-0.25, -0.2) is 14.6 Å². The molecule has 2 aliphatic rings. The van der Waals surface area contributed by atoms with Gasteiger partial charge in [0.05, 0.1) is 36.0 Å². The molecular weight excluding hydrogens is 572 g/mol. The van der Waals surface area contributed by atoms with E-state index in [1.807, 2.05) is 29.9 Å². The summed E-state index contributed by atoms with van der Waals surface area (Å²) in [4.78, 5) is 24.2. The Kier molecular flexibility index (Phi) is 8.73. The first-order chi connectivity index (χ1) is 20.8. The second kappa shape index (κ2) is 12.8. The van der Waals surface area contributed by atoms with E-state index in [2.05, 4.69) is 54.7 Å². The zero-order chi connectivity index (χ0) is 29.9. The first-order valence-corrected chi connectivity index (χ1v) is 15.2. The highest BCUT2D eigenvalue weighted by Gasteiger charge is 2.31. The van der Waals surface area contributed by atoms with E-state index >= 15 is 0 Å². The number of aromatic amines is 1. The van der Waals surface area contributed by atoms with Crippen LogP contribution in [0.5, 0.6) is 5.75 Å². The number of H-pyrrole nitrogens is 1. The van der Waals surface area contributed by atoms with Gasteiger partial charge in [-0.2, -0.15) is 0 Å². The molecule has 1 saturated heterocycles. The van der Waals surface area contributed by atoms with Gasteiger partial charge in [-0.3, -0.25) is 19.5 Å². The van der Waals surface area contributed by atoms with Crippen LogP contribution in [0.15, 0.2) is 47.9 Å². The lowest BCUT2D eigenvalue weighted by Crippen LogP contribution is -2.51. The third kappa shape index (κ3) is 7.06. The van der Waals surface area contributed by atoms with Crippen LogP contribution in [0.1, 0.15) is 52.5 Å². The molecule has 13 nitrogen and oxygen atoms in total. The third-order valence-electron chi connectivity index (χ3n) is 8.09. The monoisotopic (exact) mass is 608 g/mol. The summed E-state index contributed by atoms with van der Waals surface area (Å²) in [5.74, 6) is 0.879. The van der Waals surface area contributed by atoms with Crippen LogP contribution in [0.2, 0.25) is 5.02 Å². The van der Waals surface area contributed by atoms with Gasteiger partial charge in [0.25, 0.3) is 5.56 Å². The van der Waals surface area contributed by atoms with E-state index in [1.54, 1.807) is 23.1 Å². The van der Waals surface area contributed by atoms with Crippen molar-refractivity contribution in [2.24, 2.45) is 0 Å². The molecule has 3 aromatic heterocycles. The largest absolute Gasteiger partial charge is 0.487 e. The maximum Gasteiger partial charge on any atom is 0.287 e. The molecule has 1 aliphatic heterocycles. The molecule has 43 heavy (non-hydrogen) atoms. The van der Waals surface area contributed by atoms with Gasteiger partial charge in [-0.05, 0) is 74.6 Å². The molecule has 2 fully saturated rings. The first kappa shape index (κ1) is 29.3. The van der Waals surface area contributed by atoms with E-state index in [1.165, 1.54) is 6.33 Å². The van der Waals surface area contributed by atoms with Crippen molar-refractivity contribution in [1.82, 2.24) is 44.9 Å². The number of anilines is 2. The Bertz CT molecular complexity index is 1540. The van der Waals surface area contributed by atoms with Gasteiger partial charge >= 0.3 is 0 Å². The lowest BCUT2D eigenvalue weighted by atomic mass is 9.89. The van der Waals surface area contributed by atoms with Crippen molar-refractivity contribution in [1.29, 1.82) is 0 Å². The molecule has 4 heterocycles. The maximum atomic E-state index is 12.8. The number of tetrazole rings is 1. The average molecular weight is 609 g/mol. The number of nitrogens with zero attached hydrogens (tertiary/aromatic N) is 8. The van der Waals surface area contributed by atoms with E-state index in [-0.39, 0.29) is 29.9 Å². The zero-order valence-electron chi connectivity index (χ0n) is 24.6. The molecule has 0 radical (unpaired) electrons. The van der Waals surface area contributed by atoms with Gasteiger partial charge in [-0.15, -0.1) is 5.10 Å². The van der Waals surface area contributed by atoms with Crippen LogP contribution in [0.3, 0.4) is 0 Å². The molecule has 0 bridgehead atoms. The minimum Gasteiger partial charge on any atom is -0.487 e. The molecule has 2 N–H and O–H groups in total. The molecule has 228 valence electrons. The summed E-state index contributed by atoms with van der Waals surface area (Å²) in [5.41, 5.74) is 1.86. The number of benzene rings is 1. The van der Waals surface area contributed by atoms with E-state index in [9.17, 15) is 4.79 Å². The highest BCUT2D eigenvalue weighted by molar-refractivity contribution is 6.32. The Labute approximate surface area is 254 Å². The molecule has 1 unspecified atom stereocenters. The fourth-order valence-electron chi connectivity index (χ4n) is 6.13. The van der Waals surface area contributed by atoms with E-state index in [0.29, 0.717) is 35.0 Å². The van der Waals surface area contributed by atoms with Crippen LogP contribution in [0.25, 0.3) is 11.1 Å². The van der Waals surface area contributed by atoms with Gasteiger partial charge in [0.2, 0.25) is 5.95 Å². The van der Waals surface area contributed by atoms with Crippen LogP contribution < -0.4 is 15.6 Å². The predicted molar refractivity (Wildman–Crippen MR) is 162 cm³/mol. The highest BCUT2D eigenvalue weighted by atomic mass is 35.5. The second-order valence-corrected chi connectivity index (χ2v) is 12.0. The van der Waals surface area contributed by atoms with Gasteiger partial charge in [0.1, 0.15) is 23.9 Å². The molecule has 0 spiro atoms. The fourth-order valence-corrected chi connectivity index (χ4v) is 6.29. The highest BCUT2D eigenvalue weighted by Crippen LogP contribution is 2.33. The van der Waals surface area contributed by atoms with Crippen molar-refractivity contribution in [3.63, 3.8) is 0 Å². The molecular formula is C29H37ClN10O3. The molecule has 6 rings (SSSR count). The summed E-state index contributed by atoms with van der Waals surface area (Å²) in [6.45, 7) is 8.67. The van der Waals surface area contributed by atoms with E-state index < -0.39 is 0 Å². The van der Waals surface area contributed by atoms with Gasteiger partial charge in [0, 0.05) is 37.1 Å². The van der Waals surface area contributed by atoms with E-state index in [4.69, 9.17) is 21.1 Å². The number of morpholine rings is 1. The molecule has 1 aromatic carbocycles. The van der Waals surface area contributed by atoms with Crippen LogP contribution in [0, 0.1) is 0 Å². The lowest BCUT2D eigenvalue weighted by molar-refractivity contribution is -0.0852. The fraction of sp³-hybridized carbons (Fsp3) is 0.517. The topological polar surface area (TPSA) is 141 Å². The summed E-state index contributed by atoms with van der Waals surface area (Å²) >= 11 is 6.40. The maximum absolute atomic E-state index is 12.8. The Morgan fingerprint density at radius 2 is 1.81 bits per heavy atom. The van der Waals surface area contributed by atoms with Crippen molar-refractivity contribution in [2.75, 3.05) is 18.4 Å². The number of hydrogen-bond donors (Lipinski definition) is 2. The van der Waals surface area contributed by atoms with Gasteiger partial charge in [-0.1, -0.05) is 17.7 Å². The van der Waals surface area contributed by atoms with Crippen molar-refractivity contribution in [3.05, 3.63) is 58.5 Å². The number of hydrogen-bond acceptors (Lipinski definition) is 10. The van der Waals surface area contributed by atoms with E-state index in [0.717, 1.165) is 49.9 Å². The van der Waals surface area contributed by atoms with Crippen molar-refractivity contribution >= 4 is 23.2 Å². The van der Waals surface area contributed by atoms with Crippen LogP contribution in [0.4, 0.5) is 11.6 Å². The number of rotatable bonds is 9. The third-order valence-corrected chi connectivity index (χ3v) is 8.41. The summed E-state index contributed by atoms with van der Waals surface area (Å²) in [6.07, 6.45) is 11.3. The second-order valence-electron chi connectivity index (χ2n) is 11.6. The quantitative estimate of drug-likeness (QED) is 0.285. The standard InChI is InChI=1S/C29H37ClN10O3/c1-18-13-38(14-19(2)42-18)23-5-7-24(8-6-23)40-16-26(28(41)35-40)34-29-31-11-22(12-32-29)21-4-9-25(30)27(10-21)43-20(3)15-39-17-33-36-37-39/h4,9-12,16-20,23-24H,5-8,13-15H2,1-3H3,(H,35,41)(H,31,32,34)/t18-,19+,20?,23?,24?. The van der Waals surface area contributed by atoms with Gasteiger partial charge < -0.3 is 14.8 Å². The Balaban J connectivity index is 1.06. The first-order valence-electron chi connectivity index (χ1n) is 14.8. The summed E-state index contributed by atoms with van der Waals surface area (Å²) < 4.78 is 15.5. The summed E-state index contributed by atoms with van der Waals surface area (Å²) in [6, 6.07) is 6.34. The number of ether oxygens (including phenoxy) is 2. The van der Waals surface area contributed by atoms with Crippen LogP contribution >= 0.6 is 11.6 Å². The molecule has 3 atom stereocenters. The number of halogens is 1. The summed E-state index contributed by atoms with van der Waals surface area (Å²) in [7, 11) is 0. The Morgan fingerprint density at radius 3 is 2.51 bits per heavy atom. The molecule has 0 amide bonds. The number of aromatic nitrogens is 8. The molecule has 14 heteroatoms. The molecule has 1 saturated carbocycles. The van der Waals surface area contributed by atoms with Crippen molar-refractivity contribution < 1.29 is 9.47 Å².